The molecule has 0 saturated heterocycles. The molecule has 16 heavy (non-hydrogen) atoms. The van der Waals surface area contributed by atoms with Crippen molar-refractivity contribution in [3.8, 4) is 0 Å². The van der Waals surface area contributed by atoms with Gasteiger partial charge in [0.15, 0.2) is 17.4 Å². The van der Waals surface area contributed by atoms with Crippen LogP contribution in [0.4, 0.5) is 13.2 Å². The van der Waals surface area contributed by atoms with Crippen LogP contribution in [0.3, 0.4) is 0 Å². The highest BCUT2D eigenvalue weighted by Gasteiger charge is 2.35. The summed E-state index contributed by atoms with van der Waals surface area (Å²) in [4.78, 5) is 10.7. The second-order valence-electron chi connectivity index (χ2n) is 3.83. The molecule has 1 aliphatic carbocycles. The van der Waals surface area contributed by atoms with Gasteiger partial charge in [-0.25, -0.2) is 13.2 Å². The van der Waals surface area contributed by atoms with E-state index in [-0.39, 0.29) is 17.3 Å². The van der Waals surface area contributed by atoms with Gasteiger partial charge in [-0.3, -0.25) is 4.79 Å². The molecule has 1 saturated carbocycles. The summed E-state index contributed by atoms with van der Waals surface area (Å²) in [6.07, 6.45) is 1.57. The van der Waals surface area contributed by atoms with Gasteiger partial charge in [0.05, 0.1) is 0 Å². The smallest absolute Gasteiger partial charge is 0.161 e. The zero-order valence-corrected chi connectivity index (χ0v) is 9.73. The van der Waals surface area contributed by atoms with Crippen molar-refractivity contribution in [3.63, 3.8) is 0 Å². The molecule has 0 bridgehead atoms. The van der Waals surface area contributed by atoms with Crippen molar-refractivity contribution in [2.75, 3.05) is 0 Å². The van der Waals surface area contributed by atoms with Gasteiger partial charge < -0.3 is 0 Å². The van der Waals surface area contributed by atoms with Crippen molar-refractivity contribution >= 4 is 21.7 Å². The monoisotopic (exact) mass is 292 g/mol. The summed E-state index contributed by atoms with van der Waals surface area (Å²) in [6.45, 7) is 0. The van der Waals surface area contributed by atoms with Crippen LogP contribution in [-0.4, -0.2) is 5.78 Å². The van der Waals surface area contributed by atoms with Crippen LogP contribution in [0.15, 0.2) is 12.1 Å². The topological polar surface area (TPSA) is 17.1 Å². The third kappa shape index (κ3) is 2.14. The Bertz CT molecular complexity index is 443. The lowest BCUT2D eigenvalue weighted by atomic mass is 10.1. The van der Waals surface area contributed by atoms with Crippen LogP contribution in [0.1, 0.15) is 23.2 Å². The first kappa shape index (κ1) is 11.6. The highest BCUT2D eigenvalue weighted by molar-refractivity contribution is 9.09. The molecule has 5 heteroatoms. The van der Waals surface area contributed by atoms with Crippen molar-refractivity contribution in [3.05, 3.63) is 35.1 Å². The first-order valence-corrected chi connectivity index (χ1v) is 5.74. The fraction of sp³-hybridized carbons (Fsp3) is 0.364. The lowest BCUT2D eigenvalue weighted by Crippen LogP contribution is -2.11. The zero-order valence-electron chi connectivity index (χ0n) is 8.14. The normalized spacial score (nSPS) is 17.2. The van der Waals surface area contributed by atoms with Gasteiger partial charge in [-0.15, -0.1) is 0 Å². The highest BCUT2D eigenvalue weighted by Crippen LogP contribution is 2.39. The third-order valence-electron chi connectivity index (χ3n) is 2.54. The second kappa shape index (κ2) is 4.20. The summed E-state index contributed by atoms with van der Waals surface area (Å²) in [6, 6.07) is 1.18. The molecule has 0 spiro atoms. The largest absolute Gasteiger partial charge is 0.298 e. The number of ketones is 1. The Morgan fingerprint density at radius 1 is 1.19 bits per heavy atom. The molecule has 0 N–H and O–H groups in total. The standard InChI is InChI=1S/C11H8BrF3O/c12-10(11(16)5-1-2-5)6-3-8(14)9(15)4-7(6)13/h3-5,10H,1-2H2. The molecule has 0 radical (unpaired) electrons. The quantitative estimate of drug-likeness (QED) is 0.615. The van der Waals surface area contributed by atoms with E-state index >= 15 is 0 Å². The molecule has 1 fully saturated rings. The SMILES string of the molecule is O=C(C1CC1)C(Br)c1cc(F)c(F)cc1F. The Balaban J connectivity index is 2.31. The van der Waals surface area contributed by atoms with Crippen molar-refractivity contribution in [1.82, 2.24) is 0 Å². The van der Waals surface area contributed by atoms with E-state index in [4.69, 9.17) is 0 Å². The minimum absolute atomic E-state index is 0.0723. The van der Waals surface area contributed by atoms with Crippen molar-refractivity contribution in [2.45, 2.75) is 17.7 Å². The Morgan fingerprint density at radius 2 is 1.75 bits per heavy atom. The van der Waals surface area contributed by atoms with Crippen molar-refractivity contribution < 1.29 is 18.0 Å². The minimum atomic E-state index is -1.25. The summed E-state index contributed by atoms with van der Waals surface area (Å²) in [5, 5.41) is 0. The number of halogens is 4. The molecule has 0 heterocycles. The predicted molar refractivity (Wildman–Crippen MR) is 55.7 cm³/mol. The maximum absolute atomic E-state index is 13.3. The Morgan fingerprint density at radius 3 is 2.31 bits per heavy atom. The van der Waals surface area contributed by atoms with Gasteiger partial charge in [0, 0.05) is 17.5 Å². The number of hydrogen-bond donors (Lipinski definition) is 0. The fourth-order valence-electron chi connectivity index (χ4n) is 1.46. The summed E-state index contributed by atoms with van der Waals surface area (Å²) in [5.74, 6) is -3.55. The molecular weight excluding hydrogens is 285 g/mol. The Hall–Kier alpha value is -0.840. The molecule has 1 nitrogen and oxygen atoms in total. The number of carbonyl (C=O) groups is 1. The summed E-state index contributed by atoms with van der Waals surface area (Å²) in [5.41, 5.74) is -0.143. The van der Waals surface area contributed by atoms with E-state index < -0.39 is 22.3 Å². The van der Waals surface area contributed by atoms with E-state index in [1.165, 1.54) is 0 Å². The predicted octanol–water partition coefficient (Wildman–Crippen LogP) is 3.52. The van der Waals surface area contributed by atoms with Crippen LogP contribution < -0.4 is 0 Å². The van der Waals surface area contributed by atoms with Gasteiger partial charge in [-0.05, 0) is 18.9 Å². The summed E-state index contributed by atoms with van der Waals surface area (Å²) >= 11 is 3.02. The molecule has 1 unspecified atom stereocenters. The first-order valence-electron chi connectivity index (χ1n) is 4.83. The van der Waals surface area contributed by atoms with E-state index in [9.17, 15) is 18.0 Å². The van der Waals surface area contributed by atoms with Crippen LogP contribution in [0, 0.1) is 23.4 Å². The van der Waals surface area contributed by atoms with Crippen LogP contribution >= 0.6 is 15.9 Å². The van der Waals surface area contributed by atoms with Crippen LogP contribution in [-0.2, 0) is 4.79 Å². The van der Waals surface area contributed by atoms with Crippen LogP contribution in [0.5, 0.6) is 0 Å². The molecule has 1 aromatic carbocycles. The van der Waals surface area contributed by atoms with Gasteiger partial charge in [0.1, 0.15) is 10.6 Å². The maximum atomic E-state index is 13.3. The van der Waals surface area contributed by atoms with Crippen molar-refractivity contribution in [1.29, 1.82) is 0 Å². The Labute approximate surface area is 98.8 Å². The highest BCUT2D eigenvalue weighted by atomic mass is 79.9. The Kier molecular flexibility index (Phi) is 3.06. The molecule has 0 amide bonds. The number of carbonyl (C=O) groups excluding carboxylic acids is 1. The molecule has 2 rings (SSSR count). The third-order valence-corrected chi connectivity index (χ3v) is 3.49. The van der Waals surface area contributed by atoms with E-state index in [2.05, 4.69) is 15.9 Å². The van der Waals surface area contributed by atoms with E-state index in [1.54, 1.807) is 0 Å². The number of hydrogen-bond acceptors (Lipinski definition) is 1. The molecule has 86 valence electrons. The number of benzene rings is 1. The molecule has 1 aromatic rings. The number of alkyl halides is 1. The average Bonchev–Trinajstić information content (AvgIpc) is 3.05. The lowest BCUT2D eigenvalue weighted by molar-refractivity contribution is -0.119. The molecular formula is C11H8BrF3O. The van der Waals surface area contributed by atoms with Gasteiger partial charge in [-0.2, -0.15) is 0 Å². The molecule has 1 atom stereocenters. The van der Waals surface area contributed by atoms with E-state index in [0.717, 1.165) is 18.9 Å². The zero-order chi connectivity index (χ0) is 11.9. The second-order valence-corrected chi connectivity index (χ2v) is 4.74. The van der Waals surface area contributed by atoms with Gasteiger partial charge in [0.2, 0.25) is 0 Å². The maximum Gasteiger partial charge on any atom is 0.161 e. The van der Waals surface area contributed by atoms with Gasteiger partial charge in [-0.1, -0.05) is 15.9 Å². The summed E-state index contributed by atoms with van der Waals surface area (Å²) < 4.78 is 38.9. The van der Waals surface area contributed by atoms with E-state index in [0.29, 0.717) is 6.07 Å². The first-order chi connectivity index (χ1) is 7.50. The minimum Gasteiger partial charge on any atom is -0.298 e. The number of rotatable bonds is 3. The van der Waals surface area contributed by atoms with Gasteiger partial charge >= 0.3 is 0 Å². The lowest BCUT2D eigenvalue weighted by Gasteiger charge is -2.10. The van der Waals surface area contributed by atoms with Crippen LogP contribution in [0.25, 0.3) is 0 Å². The van der Waals surface area contributed by atoms with Crippen LogP contribution in [0.2, 0.25) is 0 Å². The molecule has 0 aromatic heterocycles. The fourth-order valence-corrected chi connectivity index (χ4v) is 2.18. The van der Waals surface area contributed by atoms with E-state index in [1.807, 2.05) is 0 Å². The summed E-state index contributed by atoms with van der Waals surface area (Å²) in [7, 11) is 0. The van der Waals surface area contributed by atoms with Gasteiger partial charge in [0.25, 0.3) is 0 Å². The average molecular weight is 293 g/mol. The molecule has 0 aliphatic heterocycles. The number of Topliss-reactive ketones (excluding diaryl/α,β-unsaturated/α-hetero) is 1. The van der Waals surface area contributed by atoms with Crippen molar-refractivity contribution in [2.24, 2.45) is 5.92 Å². The molecule has 1 aliphatic rings.